The monoisotopic (exact) mass is 468 g/mol. The summed E-state index contributed by atoms with van der Waals surface area (Å²) in [4.78, 5) is 20.0. The fraction of sp³-hybridized carbons (Fsp3) is 0.500. The first-order valence-corrected chi connectivity index (χ1v) is 12.2. The molecule has 34 heavy (non-hydrogen) atoms. The van der Waals surface area contributed by atoms with Gasteiger partial charge in [-0.2, -0.15) is 18.3 Å². The van der Waals surface area contributed by atoms with Crippen molar-refractivity contribution < 1.29 is 18.0 Å². The molecule has 1 aliphatic heterocycles. The Labute approximate surface area is 196 Å². The highest BCUT2D eigenvalue weighted by molar-refractivity contribution is 5.94. The van der Waals surface area contributed by atoms with E-state index >= 15 is 0 Å². The van der Waals surface area contributed by atoms with E-state index in [0.717, 1.165) is 41.3 Å². The molecule has 3 heterocycles. The lowest BCUT2D eigenvalue weighted by Crippen LogP contribution is -2.52. The summed E-state index contributed by atoms with van der Waals surface area (Å²) < 4.78 is 43.8. The van der Waals surface area contributed by atoms with Gasteiger partial charge in [0.05, 0.1) is 5.69 Å². The summed E-state index contributed by atoms with van der Waals surface area (Å²) in [5, 5.41) is 4.22. The zero-order chi connectivity index (χ0) is 23.6. The first-order chi connectivity index (χ1) is 16.3. The van der Waals surface area contributed by atoms with Gasteiger partial charge in [0.15, 0.2) is 17.0 Å². The third kappa shape index (κ3) is 3.33. The van der Waals surface area contributed by atoms with E-state index in [0.29, 0.717) is 30.5 Å². The van der Waals surface area contributed by atoms with Crippen molar-refractivity contribution in [3.05, 3.63) is 52.8 Å². The minimum absolute atomic E-state index is 0.0486. The highest BCUT2D eigenvalue weighted by Gasteiger charge is 2.42. The Kier molecular flexibility index (Phi) is 4.97. The Bertz CT molecular complexity index is 1280. The third-order valence-corrected chi connectivity index (χ3v) is 8.10. The van der Waals surface area contributed by atoms with Crippen LogP contribution in [0.15, 0.2) is 30.3 Å². The van der Waals surface area contributed by atoms with E-state index in [9.17, 15) is 18.0 Å². The van der Waals surface area contributed by atoms with Crippen LogP contribution in [0.2, 0.25) is 0 Å². The zero-order valence-corrected chi connectivity index (χ0v) is 19.1. The largest absolute Gasteiger partial charge is 0.433 e. The molecule has 0 bridgehead atoms. The zero-order valence-electron chi connectivity index (χ0n) is 19.1. The molecule has 2 aromatic heterocycles. The number of aryl methyl sites for hydroxylation is 1. The lowest BCUT2D eigenvalue weighted by molar-refractivity contribution is -0.143. The quantitative estimate of drug-likeness (QED) is 0.470. The van der Waals surface area contributed by atoms with Crippen LogP contribution in [0, 0.1) is 11.8 Å². The van der Waals surface area contributed by atoms with E-state index in [1.165, 1.54) is 12.5 Å². The van der Waals surface area contributed by atoms with Crippen LogP contribution in [-0.2, 0) is 19.0 Å². The minimum Gasteiger partial charge on any atom is -0.334 e. The number of rotatable bonds is 1. The molecule has 0 spiro atoms. The summed E-state index contributed by atoms with van der Waals surface area (Å²) in [5.41, 5.74) is 1.51. The van der Waals surface area contributed by atoms with Crippen LogP contribution < -0.4 is 0 Å². The van der Waals surface area contributed by atoms with Gasteiger partial charge in [-0.15, -0.1) is 0 Å². The van der Waals surface area contributed by atoms with Crippen LogP contribution in [0.3, 0.4) is 0 Å². The summed E-state index contributed by atoms with van der Waals surface area (Å²) >= 11 is 0. The molecule has 1 amide bonds. The van der Waals surface area contributed by atoms with E-state index in [4.69, 9.17) is 0 Å². The molecule has 3 atom stereocenters. The number of carbonyl (C=O) groups is 1. The highest BCUT2D eigenvalue weighted by atomic mass is 19.4. The van der Waals surface area contributed by atoms with Crippen molar-refractivity contribution in [3.8, 4) is 11.3 Å². The van der Waals surface area contributed by atoms with Crippen molar-refractivity contribution in [1.82, 2.24) is 19.5 Å². The summed E-state index contributed by atoms with van der Waals surface area (Å²) in [6.07, 6.45) is 1.36. The van der Waals surface area contributed by atoms with Gasteiger partial charge >= 0.3 is 6.18 Å². The fourth-order valence-electron chi connectivity index (χ4n) is 6.43. The molecule has 2 fully saturated rings. The minimum atomic E-state index is -4.61. The van der Waals surface area contributed by atoms with Gasteiger partial charge < -0.3 is 4.90 Å². The van der Waals surface area contributed by atoms with Gasteiger partial charge in [-0.3, -0.25) is 4.79 Å². The number of alkyl halides is 3. The highest BCUT2D eigenvalue weighted by Crippen LogP contribution is 2.42. The SMILES string of the molecule is CC1CCN(C(=O)c2cc3nc4c(c(C(F)(F)F)n3n2)CCc2ccccc2-4)C2CCCCC12. The molecule has 178 valence electrons. The van der Waals surface area contributed by atoms with Crippen LogP contribution >= 0.6 is 0 Å². The molecule has 3 unspecified atom stereocenters. The van der Waals surface area contributed by atoms with Crippen molar-refractivity contribution in [3.63, 3.8) is 0 Å². The van der Waals surface area contributed by atoms with Crippen molar-refractivity contribution >= 4 is 11.6 Å². The standard InChI is InChI=1S/C26H27F3N4O/c1-15-12-13-32(21-9-5-4-7-17(15)21)25(34)20-14-22-30-23-18-8-3-2-6-16(18)10-11-19(23)24(26(27,28)29)33(22)31-20/h2-3,6,8,14-15,17,21H,4-5,7,9-13H2,1H3. The molecular formula is C26H27F3N4O. The van der Waals surface area contributed by atoms with Crippen LogP contribution in [0.25, 0.3) is 16.9 Å². The van der Waals surface area contributed by atoms with Gasteiger partial charge in [0.25, 0.3) is 5.91 Å². The van der Waals surface area contributed by atoms with Gasteiger partial charge in [-0.25, -0.2) is 9.50 Å². The molecule has 3 aliphatic rings. The summed E-state index contributed by atoms with van der Waals surface area (Å²) in [5.74, 6) is 0.734. The first kappa shape index (κ1) is 21.6. The predicted octanol–water partition coefficient (Wildman–Crippen LogP) is 5.55. The maximum absolute atomic E-state index is 14.3. The third-order valence-electron chi connectivity index (χ3n) is 8.10. The smallest absolute Gasteiger partial charge is 0.334 e. The number of fused-ring (bicyclic) bond motifs is 5. The molecule has 0 N–H and O–H groups in total. The second-order valence-electron chi connectivity index (χ2n) is 10.0. The van der Waals surface area contributed by atoms with Gasteiger partial charge in [-0.05, 0) is 49.5 Å². The Morgan fingerprint density at radius 3 is 2.71 bits per heavy atom. The number of hydrogen-bond donors (Lipinski definition) is 0. The molecule has 3 aromatic rings. The second kappa shape index (κ2) is 7.82. The van der Waals surface area contributed by atoms with E-state index < -0.39 is 11.9 Å². The molecule has 8 heteroatoms. The molecule has 1 aromatic carbocycles. The van der Waals surface area contributed by atoms with E-state index in [1.54, 1.807) is 0 Å². The maximum atomic E-state index is 14.3. The van der Waals surface area contributed by atoms with Crippen LogP contribution in [0.1, 0.15) is 66.3 Å². The van der Waals surface area contributed by atoms with Crippen LogP contribution in [-0.4, -0.2) is 38.0 Å². The van der Waals surface area contributed by atoms with E-state index in [2.05, 4.69) is 17.0 Å². The van der Waals surface area contributed by atoms with Gasteiger partial charge in [0.2, 0.25) is 0 Å². The van der Waals surface area contributed by atoms with Crippen LogP contribution in [0.4, 0.5) is 13.2 Å². The molecule has 2 aliphatic carbocycles. The van der Waals surface area contributed by atoms with Gasteiger partial charge in [0.1, 0.15) is 0 Å². The van der Waals surface area contributed by atoms with Crippen molar-refractivity contribution in [2.24, 2.45) is 11.8 Å². The molecule has 5 nitrogen and oxygen atoms in total. The molecule has 1 saturated carbocycles. The number of piperidine rings is 1. The van der Waals surface area contributed by atoms with Gasteiger partial charge in [0, 0.05) is 29.8 Å². The molecular weight excluding hydrogens is 441 g/mol. The molecule has 1 saturated heterocycles. The first-order valence-electron chi connectivity index (χ1n) is 12.2. The topological polar surface area (TPSA) is 50.5 Å². The Morgan fingerprint density at radius 1 is 1.09 bits per heavy atom. The Hall–Kier alpha value is -2.90. The van der Waals surface area contributed by atoms with Crippen molar-refractivity contribution in [2.75, 3.05) is 6.54 Å². The summed E-state index contributed by atoms with van der Waals surface area (Å²) in [7, 11) is 0. The van der Waals surface area contributed by atoms with E-state index in [-0.39, 0.29) is 35.3 Å². The second-order valence-corrected chi connectivity index (χ2v) is 10.0. The van der Waals surface area contributed by atoms with Crippen LogP contribution in [0.5, 0.6) is 0 Å². The van der Waals surface area contributed by atoms with Gasteiger partial charge in [-0.1, -0.05) is 44.0 Å². The number of benzene rings is 1. The lowest BCUT2D eigenvalue weighted by atomic mass is 9.72. The number of amides is 1. The Balaban J connectivity index is 1.47. The van der Waals surface area contributed by atoms with Crippen molar-refractivity contribution in [1.29, 1.82) is 0 Å². The number of halogens is 3. The number of nitrogens with zero attached hydrogens (tertiary/aromatic N) is 4. The number of hydrogen-bond acceptors (Lipinski definition) is 3. The molecule has 6 rings (SSSR count). The Morgan fingerprint density at radius 2 is 1.88 bits per heavy atom. The number of carbonyl (C=O) groups excluding carboxylic acids is 1. The lowest BCUT2D eigenvalue weighted by Gasteiger charge is -2.47. The average Bonchev–Trinajstić information content (AvgIpc) is 3.25. The number of aromatic nitrogens is 3. The molecule has 0 radical (unpaired) electrons. The summed E-state index contributed by atoms with van der Waals surface area (Å²) in [6.45, 7) is 2.87. The van der Waals surface area contributed by atoms with E-state index in [1.807, 2.05) is 29.2 Å². The predicted molar refractivity (Wildman–Crippen MR) is 121 cm³/mol. The average molecular weight is 469 g/mol. The fourth-order valence-corrected chi connectivity index (χ4v) is 6.43. The van der Waals surface area contributed by atoms with Crippen molar-refractivity contribution in [2.45, 2.75) is 64.1 Å². The summed E-state index contributed by atoms with van der Waals surface area (Å²) in [6, 6.07) is 9.03. The number of likely N-dealkylation sites (tertiary alicyclic amines) is 1. The maximum Gasteiger partial charge on any atom is 0.433 e. The normalized spacial score (nSPS) is 24.5.